The second kappa shape index (κ2) is 8.58. The Morgan fingerprint density at radius 3 is 2.07 bits per heavy atom. The van der Waals surface area contributed by atoms with E-state index in [4.69, 9.17) is 14.2 Å². The summed E-state index contributed by atoms with van der Waals surface area (Å²) in [5.74, 6) is 2.23. The molecule has 0 radical (unpaired) electrons. The highest BCUT2D eigenvalue weighted by Gasteiger charge is 2.20. The van der Waals surface area contributed by atoms with Crippen LogP contribution in [0.4, 0.5) is 0 Å². The first-order valence-corrected chi connectivity index (χ1v) is 8.96. The van der Waals surface area contributed by atoms with E-state index in [-0.39, 0.29) is 5.78 Å². The van der Waals surface area contributed by atoms with Crippen LogP contribution < -0.4 is 14.2 Å². The summed E-state index contributed by atoms with van der Waals surface area (Å²) < 4.78 is 15.9. The average molecular weight is 364 g/mol. The van der Waals surface area contributed by atoms with Crippen LogP contribution in [0.5, 0.6) is 17.2 Å². The minimum absolute atomic E-state index is 0.110. The van der Waals surface area contributed by atoms with Gasteiger partial charge in [-0.15, -0.1) is 0 Å². The van der Waals surface area contributed by atoms with Crippen molar-refractivity contribution in [2.75, 3.05) is 21.3 Å². The number of ether oxygens (including phenoxy) is 3. The molecule has 1 fully saturated rings. The molecule has 1 aliphatic rings. The molecule has 0 N–H and O–H groups in total. The lowest BCUT2D eigenvalue weighted by Gasteiger charge is -2.17. The number of ketones is 1. The van der Waals surface area contributed by atoms with Crippen LogP contribution >= 0.6 is 0 Å². The summed E-state index contributed by atoms with van der Waals surface area (Å²) in [6.45, 7) is 0. The maximum atomic E-state index is 12.9. The third-order valence-corrected chi connectivity index (χ3v) is 4.66. The van der Waals surface area contributed by atoms with E-state index in [0.717, 1.165) is 47.3 Å². The Morgan fingerprint density at radius 2 is 1.44 bits per heavy atom. The zero-order chi connectivity index (χ0) is 19.2. The minimum Gasteiger partial charge on any atom is -0.497 e. The number of carbonyl (C=O) groups excluding carboxylic acids is 1. The predicted octanol–water partition coefficient (Wildman–Crippen LogP) is 4.93. The predicted molar refractivity (Wildman–Crippen MR) is 107 cm³/mol. The van der Waals surface area contributed by atoms with Crippen molar-refractivity contribution in [1.82, 2.24) is 0 Å². The number of hydrogen-bond donors (Lipinski definition) is 0. The highest BCUT2D eigenvalue weighted by Crippen LogP contribution is 2.32. The molecule has 0 amide bonds. The van der Waals surface area contributed by atoms with Crippen molar-refractivity contribution in [2.24, 2.45) is 0 Å². The van der Waals surface area contributed by atoms with E-state index >= 15 is 0 Å². The summed E-state index contributed by atoms with van der Waals surface area (Å²) in [5, 5.41) is 0. The van der Waals surface area contributed by atoms with Gasteiger partial charge in [0.1, 0.15) is 5.75 Å². The fraction of sp³-hybridized carbons (Fsp3) is 0.261. The lowest BCUT2D eigenvalue weighted by atomic mass is 9.87. The Balaban J connectivity index is 1.88. The normalized spacial score (nSPS) is 17.2. The van der Waals surface area contributed by atoms with Crippen molar-refractivity contribution in [3.05, 3.63) is 64.7 Å². The Morgan fingerprint density at radius 1 is 0.778 bits per heavy atom. The fourth-order valence-electron chi connectivity index (χ4n) is 3.25. The van der Waals surface area contributed by atoms with Gasteiger partial charge >= 0.3 is 0 Å². The van der Waals surface area contributed by atoms with E-state index < -0.39 is 0 Å². The van der Waals surface area contributed by atoms with E-state index in [2.05, 4.69) is 0 Å². The molecule has 4 heteroatoms. The molecule has 0 atom stereocenters. The molecule has 2 aromatic carbocycles. The van der Waals surface area contributed by atoms with Crippen LogP contribution in [0.25, 0.3) is 12.2 Å². The summed E-state index contributed by atoms with van der Waals surface area (Å²) in [7, 11) is 4.85. The molecule has 2 aromatic rings. The third kappa shape index (κ3) is 4.40. The molecule has 0 spiro atoms. The summed E-state index contributed by atoms with van der Waals surface area (Å²) in [6, 6.07) is 13.4. The van der Waals surface area contributed by atoms with Gasteiger partial charge in [-0.1, -0.05) is 18.2 Å². The van der Waals surface area contributed by atoms with Crippen LogP contribution in [0, 0.1) is 0 Å². The van der Waals surface area contributed by atoms with Crippen molar-refractivity contribution >= 4 is 17.9 Å². The minimum atomic E-state index is 0.110. The van der Waals surface area contributed by atoms with Crippen LogP contribution in [0.1, 0.15) is 30.4 Å². The highest BCUT2D eigenvalue weighted by molar-refractivity contribution is 6.14. The van der Waals surface area contributed by atoms with Gasteiger partial charge in [-0.2, -0.15) is 0 Å². The van der Waals surface area contributed by atoms with Gasteiger partial charge in [0.25, 0.3) is 0 Å². The first kappa shape index (κ1) is 18.8. The van der Waals surface area contributed by atoms with Crippen LogP contribution in [-0.4, -0.2) is 27.1 Å². The van der Waals surface area contributed by atoms with Crippen molar-refractivity contribution < 1.29 is 19.0 Å². The Kier molecular flexibility index (Phi) is 5.97. The van der Waals surface area contributed by atoms with Crippen LogP contribution in [-0.2, 0) is 4.79 Å². The number of hydrogen-bond acceptors (Lipinski definition) is 4. The molecule has 0 aliphatic heterocycles. The molecule has 0 unspecified atom stereocenters. The van der Waals surface area contributed by atoms with Gasteiger partial charge in [0, 0.05) is 11.1 Å². The smallest absolute Gasteiger partial charge is 0.185 e. The highest BCUT2D eigenvalue weighted by atomic mass is 16.5. The van der Waals surface area contributed by atoms with E-state index in [1.165, 1.54) is 0 Å². The zero-order valence-electron chi connectivity index (χ0n) is 16.0. The first-order valence-electron chi connectivity index (χ1n) is 8.96. The molecule has 1 aliphatic carbocycles. The number of allylic oxidation sites excluding steroid dienone is 2. The number of benzene rings is 2. The van der Waals surface area contributed by atoms with Crippen LogP contribution in [0.2, 0.25) is 0 Å². The van der Waals surface area contributed by atoms with Gasteiger partial charge in [0.15, 0.2) is 17.3 Å². The largest absolute Gasteiger partial charge is 0.497 e. The quantitative estimate of drug-likeness (QED) is 0.706. The number of methoxy groups -OCH3 is 3. The van der Waals surface area contributed by atoms with Crippen LogP contribution in [0.3, 0.4) is 0 Å². The number of carbonyl (C=O) groups is 1. The summed E-state index contributed by atoms with van der Waals surface area (Å²) in [6.07, 6.45) is 6.44. The standard InChI is InChI=1S/C23H24O4/c1-25-20-9-4-6-16(14-20)12-18-7-5-8-19(23(18)24)13-17-10-11-21(26-2)22(15-17)27-3/h4,6,9-15H,5,7-8H2,1-3H3/b18-12+,19-13+. The zero-order valence-corrected chi connectivity index (χ0v) is 16.0. The lowest BCUT2D eigenvalue weighted by molar-refractivity contribution is -0.112. The van der Waals surface area contributed by atoms with E-state index in [1.807, 2.05) is 54.6 Å². The van der Waals surface area contributed by atoms with Gasteiger partial charge < -0.3 is 14.2 Å². The van der Waals surface area contributed by atoms with Gasteiger partial charge in [-0.3, -0.25) is 4.79 Å². The van der Waals surface area contributed by atoms with Gasteiger partial charge in [-0.05, 0) is 66.8 Å². The second-order valence-electron chi connectivity index (χ2n) is 6.41. The van der Waals surface area contributed by atoms with Crippen molar-refractivity contribution in [3.63, 3.8) is 0 Å². The maximum Gasteiger partial charge on any atom is 0.185 e. The summed E-state index contributed by atoms with van der Waals surface area (Å²) >= 11 is 0. The first-order chi connectivity index (χ1) is 13.1. The lowest BCUT2D eigenvalue weighted by Crippen LogP contribution is -2.12. The molecule has 0 aromatic heterocycles. The van der Waals surface area contributed by atoms with Crippen molar-refractivity contribution in [2.45, 2.75) is 19.3 Å². The molecule has 0 saturated heterocycles. The SMILES string of the molecule is COc1cccc(/C=C2\CCC/C(=C\c3ccc(OC)c(OC)c3)C2=O)c1. The maximum absolute atomic E-state index is 12.9. The average Bonchev–Trinajstić information content (AvgIpc) is 2.71. The molecule has 0 bridgehead atoms. The number of rotatable bonds is 5. The molecular formula is C23H24O4. The Labute approximate surface area is 160 Å². The van der Waals surface area contributed by atoms with Crippen molar-refractivity contribution in [1.29, 1.82) is 0 Å². The third-order valence-electron chi connectivity index (χ3n) is 4.66. The number of Topliss-reactive ketones (excluding diaryl/α,β-unsaturated/α-hetero) is 1. The molecule has 1 saturated carbocycles. The summed E-state index contributed by atoms with van der Waals surface area (Å²) in [4.78, 5) is 12.9. The Hall–Kier alpha value is -3.01. The van der Waals surface area contributed by atoms with Crippen LogP contribution in [0.15, 0.2) is 53.6 Å². The molecular weight excluding hydrogens is 340 g/mol. The van der Waals surface area contributed by atoms with E-state index in [0.29, 0.717) is 11.5 Å². The molecule has 27 heavy (non-hydrogen) atoms. The molecule has 140 valence electrons. The monoisotopic (exact) mass is 364 g/mol. The molecule has 0 heterocycles. The molecule has 3 rings (SSSR count). The topological polar surface area (TPSA) is 44.8 Å². The summed E-state index contributed by atoms with van der Waals surface area (Å²) in [5.41, 5.74) is 3.56. The Bertz CT molecular complexity index is 893. The molecule has 4 nitrogen and oxygen atoms in total. The van der Waals surface area contributed by atoms with E-state index in [9.17, 15) is 4.79 Å². The van der Waals surface area contributed by atoms with Crippen molar-refractivity contribution in [3.8, 4) is 17.2 Å². The van der Waals surface area contributed by atoms with Gasteiger partial charge in [0.05, 0.1) is 21.3 Å². The van der Waals surface area contributed by atoms with Gasteiger partial charge in [-0.25, -0.2) is 0 Å². The van der Waals surface area contributed by atoms with E-state index in [1.54, 1.807) is 21.3 Å². The van der Waals surface area contributed by atoms with Gasteiger partial charge in [0.2, 0.25) is 0 Å². The second-order valence-corrected chi connectivity index (χ2v) is 6.41. The fourth-order valence-corrected chi connectivity index (χ4v) is 3.25.